The lowest BCUT2D eigenvalue weighted by Gasteiger charge is -2.42. The van der Waals surface area contributed by atoms with Crippen LogP contribution in [0.4, 0.5) is 0 Å². The molecule has 33 heavy (non-hydrogen) atoms. The maximum Gasteiger partial charge on any atom is 0.160 e. The largest absolute Gasteiger partial charge is 0.308 e. The predicted octanol–water partition coefficient (Wildman–Crippen LogP) is 4.84. The minimum absolute atomic E-state index is 0.659. The number of fused-ring (bicyclic) bond motifs is 2. The highest BCUT2D eigenvalue weighted by Gasteiger charge is 2.35. The molecule has 0 N–H and O–H groups in total. The first-order chi connectivity index (χ1) is 16.0. The Kier molecular flexibility index (Phi) is 6.35. The van der Waals surface area contributed by atoms with Crippen LogP contribution in [-0.2, 0) is 13.0 Å². The van der Waals surface area contributed by atoms with Gasteiger partial charge >= 0.3 is 0 Å². The molecule has 1 aromatic carbocycles. The zero-order valence-corrected chi connectivity index (χ0v) is 20.6. The molecule has 2 fully saturated rings. The van der Waals surface area contributed by atoms with Crippen LogP contribution in [0.1, 0.15) is 54.9 Å². The van der Waals surface area contributed by atoms with Crippen LogP contribution in [0.3, 0.4) is 0 Å². The highest BCUT2D eigenvalue weighted by atomic mass is 15.3. The van der Waals surface area contributed by atoms with Crippen molar-refractivity contribution in [1.82, 2.24) is 24.3 Å². The van der Waals surface area contributed by atoms with E-state index in [1.165, 1.54) is 49.2 Å². The number of nitrogens with zero attached hydrogens (tertiary/aromatic N) is 5. The third-order valence-electron chi connectivity index (χ3n) is 7.61. The van der Waals surface area contributed by atoms with Crippen LogP contribution in [-0.4, -0.2) is 62.6 Å². The van der Waals surface area contributed by atoms with Crippen LogP contribution >= 0.6 is 0 Å². The number of pyridine rings is 1. The van der Waals surface area contributed by atoms with E-state index < -0.39 is 0 Å². The number of benzene rings is 1. The van der Waals surface area contributed by atoms with E-state index in [0.717, 1.165) is 48.2 Å². The van der Waals surface area contributed by atoms with Gasteiger partial charge in [0.2, 0.25) is 0 Å². The van der Waals surface area contributed by atoms with E-state index in [2.05, 4.69) is 84.5 Å². The van der Waals surface area contributed by atoms with Crippen LogP contribution in [0.5, 0.6) is 0 Å². The summed E-state index contributed by atoms with van der Waals surface area (Å²) in [5.41, 5.74) is 6.84. The van der Waals surface area contributed by atoms with E-state index in [-0.39, 0.29) is 0 Å². The van der Waals surface area contributed by atoms with Gasteiger partial charge in [-0.2, -0.15) is 0 Å². The Morgan fingerprint density at radius 1 is 1.06 bits per heavy atom. The molecule has 5 heteroatoms. The monoisotopic (exact) mass is 443 g/mol. The van der Waals surface area contributed by atoms with Gasteiger partial charge in [-0.15, -0.1) is 0 Å². The Labute approximate surface area is 198 Å². The van der Waals surface area contributed by atoms with Crippen LogP contribution in [0.15, 0.2) is 36.4 Å². The number of aromatic nitrogens is 3. The van der Waals surface area contributed by atoms with Gasteiger partial charge in [0, 0.05) is 43.8 Å². The standard InChI is InChI=1S/C28H37N5/c1-5-26-30-27-20(2)18-21(3)29-28(27)33(26)19-24-12-10-23(11-13-24)8-6-14-31-16-17-32-15-7-9-25(32)22(31)4/h6,8,10-13,18,22,25H,5,7,9,14-17,19H2,1-4H3/b8-6+. The average molecular weight is 444 g/mol. The summed E-state index contributed by atoms with van der Waals surface area (Å²) in [6, 6.07) is 12.5. The topological polar surface area (TPSA) is 37.2 Å². The molecule has 0 amide bonds. The summed E-state index contributed by atoms with van der Waals surface area (Å²) in [5, 5.41) is 0. The van der Waals surface area contributed by atoms with E-state index >= 15 is 0 Å². The third-order valence-corrected chi connectivity index (χ3v) is 7.61. The summed E-state index contributed by atoms with van der Waals surface area (Å²) in [4.78, 5) is 15.0. The fraction of sp³-hybridized carbons (Fsp3) is 0.500. The van der Waals surface area contributed by atoms with Gasteiger partial charge in [0.15, 0.2) is 5.65 Å². The third kappa shape index (κ3) is 4.49. The van der Waals surface area contributed by atoms with Crippen molar-refractivity contribution in [3.63, 3.8) is 0 Å². The molecular formula is C28H37N5. The summed E-state index contributed by atoms with van der Waals surface area (Å²) in [6.07, 6.45) is 8.25. The summed E-state index contributed by atoms with van der Waals surface area (Å²) in [5.74, 6) is 1.10. The summed E-state index contributed by atoms with van der Waals surface area (Å²) in [6.45, 7) is 14.3. The van der Waals surface area contributed by atoms with Crippen molar-refractivity contribution in [3.05, 3.63) is 64.6 Å². The predicted molar refractivity (Wildman–Crippen MR) is 137 cm³/mol. The molecular weight excluding hydrogens is 406 g/mol. The Hall–Kier alpha value is -2.50. The first-order valence-electron chi connectivity index (χ1n) is 12.6. The zero-order chi connectivity index (χ0) is 22.9. The highest BCUT2D eigenvalue weighted by molar-refractivity contribution is 5.76. The molecule has 0 spiro atoms. The van der Waals surface area contributed by atoms with Gasteiger partial charge in [-0.05, 0) is 62.9 Å². The van der Waals surface area contributed by atoms with E-state index in [1.54, 1.807) is 0 Å². The molecule has 0 radical (unpaired) electrons. The maximum atomic E-state index is 4.88. The van der Waals surface area contributed by atoms with E-state index in [0.29, 0.717) is 6.04 Å². The normalized spacial score (nSPS) is 21.9. The molecule has 3 aromatic rings. The van der Waals surface area contributed by atoms with Crippen LogP contribution in [0, 0.1) is 13.8 Å². The van der Waals surface area contributed by atoms with Crippen molar-refractivity contribution >= 4 is 17.2 Å². The minimum Gasteiger partial charge on any atom is -0.308 e. The smallest absolute Gasteiger partial charge is 0.160 e. The summed E-state index contributed by atoms with van der Waals surface area (Å²) in [7, 11) is 0. The fourth-order valence-electron chi connectivity index (χ4n) is 5.76. The van der Waals surface area contributed by atoms with E-state index in [1.807, 2.05) is 0 Å². The summed E-state index contributed by atoms with van der Waals surface area (Å²) >= 11 is 0. The quantitative estimate of drug-likeness (QED) is 0.546. The number of aryl methyl sites for hydroxylation is 3. The highest BCUT2D eigenvalue weighted by Crippen LogP contribution is 2.26. The number of rotatable bonds is 6. The molecule has 2 atom stereocenters. The molecule has 2 unspecified atom stereocenters. The molecule has 0 saturated carbocycles. The van der Waals surface area contributed by atoms with Gasteiger partial charge < -0.3 is 4.57 Å². The lowest BCUT2D eigenvalue weighted by molar-refractivity contribution is 0.0612. The molecule has 0 bridgehead atoms. The van der Waals surface area contributed by atoms with Crippen molar-refractivity contribution in [2.24, 2.45) is 0 Å². The van der Waals surface area contributed by atoms with Crippen LogP contribution in [0.2, 0.25) is 0 Å². The SMILES string of the molecule is CCc1nc2c(C)cc(C)nc2n1Cc1ccc(/C=C/CN2CCN3CCCC3C2C)cc1. The van der Waals surface area contributed by atoms with Gasteiger partial charge in [-0.3, -0.25) is 9.80 Å². The number of piperazine rings is 1. The molecule has 174 valence electrons. The fourth-order valence-corrected chi connectivity index (χ4v) is 5.76. The number of imidazole rings is 1. The number of hydrogen-bond donors (Lipinski definition) is 0. The minimum atomic E-state index is 0.659. The van der Waals surface area contributed by atoms with Crippen molar-refractivity contribution < 1.29 is 0 Å². The van der Waals surface area contributed by atoms with Crippen molar-refractivity contribution in [3.8, 4) is 0 Å². The second-order valence-corrected chi connectivity index (χ2v) is 9.85. The van der Waals surface area contributed by atoms with Gasteiger partial charge in [0.05, 0.1) is 6.54 Å². The lowest BCUT2D eigenvalue weighted by Crippen LogP contribution is -2.55. The molecule has 0 aliphatic carbocycles. The van der Waals surface area contributed by atoms with Gasteiger partial charge in [-0.25, -0.2) is 9.97 Å². The van der Waals surface area contributed by atoms with Crippen molar-refractivity contribution in [2.45, 2.75) is 65.6 Å². The molecule has 5 nitrogen and oxygen atoms in total. The van der Waals surface area contributed by atoms with Crippen LogP contribution < -0.4 is 0 Å². The van der Waals surface area contributed by atoms with Crippen LogP contribution in [0.25, 0.3) is 17.2 Å². The van der Waals surface area contributed by atoms with Crippen molar-refractivity contribution in [2.75, 3.05) is 26.2 Å². The molecule has 5 rings (SSSR count). The first kappa shape index (κ1) is 22.3. The Morgan fingerprint density at radius 3 is 2.67 bits per heavy atom. The second kappa shape index (κ2) is 9.40. The molecule has 2 aliphatic heterocycles. The van der Waals surface area contributed by atoms with Gasteiger partial charge in [0.25, 0.3) is 0 Å². The average Bonchev–Trinajstić information content (AvgIpc) is 3.42. The first-order valence-corrected chi connectivity index (χ1v) is 12.6. The second-order valence-electron chi connectivity index (χ2n) is 9.85. The molecule has 2 aliphatic rings. The molecule has 2 saturated heterocycles. The summed E-state index contributed by atoms with van der Waals surface area (Å²) < 4.78 is 2.28. The Bertz CT molecular complexity index is 1140. The number of hydrogen-bond acceptors (Lipinski definition) is 4. The zero-order valence-electron chi connectivity index (χ0n) is 20.6. The van der Waals surface area contributed by atoms with E-state index in [4.69, 9.17) is 9.97 Å². The van der Waals surface area contributed by atoms with E-state index in [9.17, 15) is 0 Å². The Balaban J connectivity index is 1.26. The van der Waals surface area contributed by atoms with Gasteiger partial charge in [0.1, 0.15) is 11.3 Å². The van der Waals surface area contributed by atoms with Gasteiger partial charge in [-0.1, -0.05) is 43.3 Å². The maximum absolute atomic E-state index is 4.88. The lowest BCUT2D eigenvalue weighted by atomic mass is 10.0. The molecule has 4 heterocycles. The molecule has 2 aromatic heterocycles. The van der Waals surface area contributed by atoms with Crippen molar-refractivity contribution in [1.29, 1.82) is 0 Å². The Morgan fingerprint density at radius 2 is 1.88 bits per heavy atom.